The van der Waals surface area contributed by atoms with E-state index in [0.29, 0.717) is 28.2 Å². The first-order chi connectivity index (χ1) is 14.8. The molecule has 0 aliphatic heterocycles. The lowest BCUT2D eigenvalue weighted by Gasteiger charge is -2.12. The molecule has 160 valence electrons. The van der Waals surface area contributed by atoms with Crippen molar-refractivity contribution >= 4 is 22.2 Å². The molecule has 0 amide bonds. The van der Waals surface area contributed by atoms with Gasteiger partial charge in [0.25, 0.3) is 5.56 Å². The van der Waals surface area contributed by atoms with Gasteiger partial charge in [-0.25, -0.2) is 18.9 Å². The highest BCUT2D eigenvalue weighted by atomic mass is 32.2. The minimum atomic E-state index is -2.14. The van der Waals surface area contributed by atoms with Gasteiger partial charge in [0, 0.05) is 12.6 Å². The van der Waals surface area contributed by atoms with Crippen LogP contribution < -0.4 is 10.3 Å². The van der Waals surface area contributed by atoms with Crippen molar-refractivity contribution in [1.29, 1.82) is 0 Å². The van der Waals surface area contributed by atoms with Crippen molar-refractivity contribution in [2.45, 2.75) is 33.4 Å². The van der Waals surface area contributed by atoms with Gasteiger partial charge in [0.05, 0.1) is 10.9 Å². The van der Waals surface area contributed by atoms with E-state index in [-0.39, 0.29) is 18.1 Å². The second kappa shape index (κ2) is 8.46. The third-order valence-corrected chi connectivity index (χ3v) is 5.33. The van der Waals surface area contributed by atoms with Gasteiger partial charge >= 0.3 is 0 Å². The largest absolute Gasteiger partial charge is 0.310 e. The van der Waals surface area contributed by atoms with Crippen LogP contribution in [0.3, 0.4) is 0 Å². The van der Waals surface area contributed by atoms with Crippen molar-refractivity contribution in [3.8, 4) is 17.3 Å². The molecule has 10 nitrogen and oxygen atoms in total. The topological polar surface area (TPSA) is 128 Å². The highest BCUT2D eigenvalue weighted by molar-refractivity contribution is 7.77. The maximum atomic E-state index is 13.2. The van der Waals surface area contributed by atoms with Gasteiger partial charge in [-0.3, -0.25) is 13.9 Å². The number of hydrogen-bond donors (Lipinski definition) is 2. The monoisotopic (exact) mass is 439 g/mol. The van der Waals surface area contributed by atoms with Crippen LogP contribution in [-0.2, 0) is 17.8 Å². The van der Waals surface area contributed by atoms with E-state index < -0.39 is 11.3 Å². The Labute approximate surface area is 180 Å². The summed E-state index contributed by atoms with van der Waals surface area (Å²) in [5.41, 5.74) is 2.45. The molecule has 3 heterocycles. The third kappa shape index (κ3) is 4.15. The minimum Gasteiger partial charge on any atom is -0.310 e. The van der Waals surface area contributed by atoms with Gasteiger partial charge in [-0.15, -0.1) is 10.2 Å². The van der Waals surface area contributed by atoms with Crippen LogP contribution in [0.1, 0.15) is 31.0 Å². The lowest BCUT2D eigenvalue weighted by molar-refractivity contribution is 0.548. The van der Waals surface area contributed by atoms with E-state index in [1.54, 1.807) is 30.6 Å². The molecule has 31 heavy (non-hydrogen) atoms. The first-order valence-electron chi connectivity index (χ1n) is 9.57. The number of nitrogens with one attached hydrogen (secondary N) is 1. The van der Waals surface area contributed by atoms with Crippen LogP contribution in [0.15, 0.2) is 47.8 Å². The number of benzene rings is 1. The first kappa shape index (κ1) is 21.0. The van der Waals surface area contributed by atoms with Crippen LogP contribution in [0, 0.1) is 6.92 Å². The summed E-state index contributed by atoms with van der Waals surface area (Å²) in [7, 11) is 0. The lowest BCUT2D eigenvalue weighted by Crippen LogP contribution is -2.21. The predicted molar refractivity (Wildman–Crippen MR) is 117 cm³/mol. The highest BCUT2D eigenvalue weighted by Crippen LogP contribution is 2.20. The summed E-state index contributed by atoms with van der Waals surface area (Å²) in [5.74, 6) is 1.02. The molecule has 3 aromatic heterocycles. The molecular weight excluding hydrogens is 418 g/mol. The molecule has 1 atom stereocenters. The normalized spacial score (nSPS) is 12.5. The average Bonchev–Trinajstić information content (AvgIpc) is 3.23. The summed E-state index contributed by atoms with van der Waals surface area (Å²) in [5, 5.41) is 8.54. The summed E-state index contributed by atoms with van der Waals surface area (Å²) < 4.78 is 25.7. The van der Waals surface area contributed by atoms with Crippen LogP contribution in [0.25, 0.3) is 28.2 Å². The predicted octanol–water partition coefficient (Wildman–Crippen LogP) is 2.15. The molecule has 0 radical (unpaired) electrons. The maximum Gasteiger partial charge on any atom is 0.266 e. The van der Waals surface area contributed by atoms with Crippen LogP contribution in [0.5, 0.6) is 0 Å². The summed E-state index contributed by atoms with van der Waals surface area (Å²) in [4.78, 5) is 22.2. The molecule has 1 unspecified atom stereocenters. The van der Waals surface area contributed by atoms with Crippen molar-refractivity contribution in [1.82, 2.24) is 34.0 Å². The molecule has 2 N–H and O–H groups in total. The van der Waals surface area contributed by atoms with E-state index in [2.05, 4.69) is 24.9 Å². The zero-order valence-electron chi connectivity index (χ0n) is 17.2. The summed E-state index contributed by atoms with van der Waals surface area (Å²) in [6.45, 7) is 6.06. The highest BCUT2D eigenvalue weighted by Gasteiger charge is 2.14. The van der Waals surface area contributed by atoms with Crippen LogP contribution >= 0.6 is 0 Å². The van der Waals surface area contributed by atoms with Gasteiger partial charge in [-0.1, -0.05) is 6.07 Å². The Morgan fingerprint density at radius 2 is 2.03 bits per heavy atom. The van der Waals surface area contributed by atoms with Gasteiger partial charge in [-0.2, -0.15) is 0 Å². The molecule has 4 aromatic rings. The standard InChI is InChI=1S/C20H21N7O3S/c1-12(2)26-11-22-25-19(26)16-5-4-6-18(24-16)27-10-21-17-7-13(3)14(9-23-31(29)30)8-15(17)20(27)28/h4-8,10-12,23H,9H2,1-3H3,(H,29,30). The molecule has 0 saturated carbocycles. The Hall–Kier alpha value is -3.28. The number of rotatable bonds is 6. The maximum absolute atomic E-state index is 13.2. The molecule has 4 rings (SSSR count). The molecule has 0 spiro atoms. The van der Waals surface area contributed by atoms with E-state index in [9.17, 15) is 9.00 Å². The van der Waals surface area contributed by atoms with Gasteiger partial charge < -0.3 is 4.57 Å². The molecule has 0 saturated heterocycles. The van der Waals surface area contributed by atoms with Crippen molar-refractivity contribution in [3.05, 3.63) is 64.5 Å². The minimum absolute atomic E-state index is 0.151. The zero-order chi connectivity index (χ0) is 22.1. The zero-order valence-corrected chi connectivity index (χ0v) is 18.0. The smallest absolute Gasteiger partial charge is 0.266 e. The molecule has 0 bridgehead atoms. The van der Waals surface area contributed by atoms with Crippen LogP contribution in [0.4, 0.5) is 0 Å². The van der Waals surface area contributed by atoms with Crippen LogP contribution in [0.2, 0.25) is 0 Å². The van der Waals surface area contributed by atoms with Gasteiger partial charge in [0.2, 0.25) is 11.3 Å². The van der Waals surface area contributed by atoms with Crippen molar-refractivity contribution in [2.24, 2.45) is 0 Å². The summed E-state index contributed by atoms with van der Waals surface area (Å²) in [6, 6.07) is 8.97. The second-order valence-electron chi connectivity index (χ2n) is 7.32. The number of fused-ring (bicyclic) bond motifs is 1. The number of aromatic nitrogens is 6. The molecule has 0 aliphatic carbocycles. The third-order valence-electron chi connectivity index (χ3n) is 4.94. The van der Waals surface area contributed by atoms with Crippen molar-refractivity contribution in [2.75, 3.05) is 0 Å². The summed E-state index contributed by atoms with van der Waals surface area (Å²) >= 11 is -2.14. The molecular formula is C20H21N7O3S. The van der Waals surface area contributed by atoms with E-state index in [1.165, 1.54) is 10.9 Å². The Balaban J connectivity index is 1.80. The van der Waals surface area contributed by atoms with E-state index in [0.717, 1.165) is 11.1 Å². The molecule has 1 aromatic carbocycles. The first-order valence-corrected chi connectivity index (χ1v) is 10.7. The van der Waals surface area contributed by atoms with Crippen molar-refractivity contribution in [3.63, 3.8) is 0 Å². The number of hydrogen-bond acceptors (Lipinski definition) is 6. The Morgan fingerprint density at radius 1 is 1.23 bits per heavy atom. The number of aryl methyl sites for hydroxylation is 1. The Bertz CT molecular complexity index is 1350. The van der Waals surface area contributed by atoms with E-state index in [4.69, 9.17) is 4.55 Å². The van der Waals surface area contributed by atoms with E-state index in [1.807, 2.05) is 31.4 Å². The Morgan fingerprint density at radius 3 is 2.77 bits per heavy atom. The summed E-state index contributed by atoms with van der Waals surface area (Å²) in [6.07, 6.45) is 3.10. The fourth-order valence-corrected chi connectivity index (χ4v) is 3.58. The molecule has 0 fully saturated rings. The van der Waals surface area contributed by atoms with Gasteiger partial charge in [0.1, 0.15) is 24.2 Å². The van der Waals surface area contributed by atoms with Crippen molar-refractivity contribution < 1.29 is 8.76 Å². The number of pyridine rings is 1. The molecule has 11 heteroatoms. The quantitative estimate of drug-likeness (QED) is 0.441. The van der Waals surface area contributed by atoms with Gasteiger partial charge in [-0.05, 0) is 56.2 Å². The van der Waals surface area contributed by atoms with Crippen LogP contribution in [-0.4, -0.2) is 38.1 Å². The Kier molecular flexibility index (Phi) is 5.72. The van der Waals surface area contributed by atoms with Gasteiger partial charge in [0.15, 0.2) is 5.82 Å². The fourth-order valence-electron chi connectivity index (χ4n) is 3.30. The van der Waals surface area contributed by atoms with E-state index >= 15 is 0 Å². The lowest BCUT2D eigenvalue weighted by atomic mass is 10.1. The average molecular weight is 440 g/mol. The second-order valence-corrected chi connectivity index (χ2v) is 8.11. The fraction of sp³-hybridized carbons (Fsp3) is 0.250. The molecule has 0 aliphatic rings. The SMILES string of the molecule is Cc1cc2ncn(-c3cccc(-c4nncn4C(C)C)n3)c(=O)c2cc1CNS(=O)O. The number of nitrogens with zero attached hydrogens (tertiary/aromatic N) is 6.